The van der Waals surface area contributed by atoms with Gasteiger partial charge in [-0.15, -0.1) is 0 Å². The standard InChI is InChI=1S/C46H60N12O8/c1-27(59)33-16-9-21-50-40(61)19-18-36(53-28(2)60)42(63)58-39(25-31-13-8-20-49-31)45(66)56-37(23-29-11-4-3-5-12-29)43(64)55-35(17-10-22-51-46(47)48)41(62)57-38(44(65)54-33)24-30-26-52-34-15-7-6-14-32(30)34/h3-7,11-15,20,26,33,35-39,52H,8-10,16-19,21-25H2,1-2H3,(H,50,61)(H,53,60)(H,54,65)(H,55,64)(H,56,66)(H,57,62)(H,58,63)(H4,47,48,51)/t33-,35-,36-,37+,38-,39-/m0/s1. The maximum absolute atomic E-state index is 14.5. The van der Waals surface area contributed by atoms with Gasteiger partial charge in [-0.05, 0) is 56.2 Å². The predicted octanol–water partition coefficient (Wildman–Crippen LogP) is -0.0369. The number of rotatable bonds is 12. The average Bonchev–Trinajstić information content (AvgIpc) is 3.96. The molecule has 0 aliphatic carbocycles. The lowest BCUT2D eigenvalue weighted by atomic mass is 10.0. The van der Waals surface area contributed by atoms with Crippen molar-refractivity contribution in [3.63, 3.8) is 0 Å². The summed E-state index contributed by atoms with van der Waals surface area (Å²) in [6.45, 7) is 2.76. The van der Waals surface area contributed by atoms with Gasteiger partial charge in [0.25, 0.3) is 0 Å². The smallest absolute Gasteiger partial charge is 0.243 e. The molecule has 0 radical (unpaired) electrons. The van der Waals surface area contributed by atoms with E-state index in [4.69, 9.17) is 11.5 Å². The first kappa shape index (κ1) is 49.6. The van der Waals surface area contributed by atoms with E-state index in [0.717, 1.165) is 10.9 Å². The first-order valence-corrected chi connectivity index (χ1v) is 22.1. The minimum atomic E-state index is -1.31. The Morgan fingerprint density at radius 3 is 2.08 bits per heavy atom. The molecule has 20 heteroatoms. The van der Waals surface area contributed by atoms with Crippen LogP contribution < -0.4 is 48.7 Å². The maximum Gasteiger partial charge on any atom is 0.243 e. The topological polar surface area (TPSA) is 313 Å². The van der Waals surface area contributed by atoms with Crippen LogP contribution in [0.2, 0.25) is 0 Å². The first-order chi connectivity index (χ1) is 31.7. The van der Waals surface area contributed by atoms with Crippen molar-refractivity contribution in [2.24, 2.45) is 21.5 Å². The van der Waals surface area contributed by atoms with Crippen LogP contribution in [0.3, 0.4) is 0 Å². The molecular weight excluding hydrogens is 849 g/mol. The number of guanidine groups is 1. The number of nitrogens with zero attached hydrogens (tertiary/aromatic N) is 2. The number of nitrogens with one attached hydrogen (secondary N) is 8. The van der Waals surface area contributed by atoms with E-state index in [-0.39, 0.29) is 82.6 Å². The Morgan fingerprint density at radius 2 is 1.39 bits per heavy atom. The molecule has 1 aromatic heterocycles. The summed E-state index contributed by atoms with van der Waals surface area (Å²) in [6.07, 6.45) is 5.87. The summed E-state index contributed by atoms with van der Waals surface area (Å²) >= 11 is 0. The fourth-order valence-electron chi connectivity index (χ4n) is 7.68. The van der Waals surface area contributed by atoms with Gasteiger partial charge in [0.15, 0.2) is 11.7 Å². The van der Waals surface area contributed by atoms with E-state index in [1.54, 1.807) is 48.8 Å². The van der Waals surface area contributed by atoms with Gasteiger partial charge >= 0.3 is 0 Å². The molecular formula is C46H60N12O8. The molecule has 66 heavy (non-hydrogen) atoms. The second-order valence-electron chi connectivity index (χ2n) is 16.3. The fourth-order valence-corrected chi connectivity index (χ4v) is 7.68. The van der Waals surface area contributed by atoms with E-state index >= 15 is 0 Å². The summed E-state index contributed by atoms with van der Waals surface area (Å²) in [6, 6.07) is 8.91. The molecule has 20 nitrogen and oxygen atoms in total. The molecule has 2 aliphatic heterocycles. The molecule has 352 valence electrons. The van der Waals surface area contributed by atoms with Crippen molar-refractivity contribution in [2.45, 2.75) is 114 Å². The number of carbonyl (C=O) groups excluding carboxylic acids is 8. The van der Waals surface area contributed by atoms with Gasteiger partial charge in [-0.25, -0.2) is 0 Å². The quantitative estimate of drug-likeness (QED) is 0.0657. The third kappa shape index (κ3) is 15.4. The lowest BCUT2D eigenvalue weighted by Crippen LogP contribution is -2.60. The number of aromatic nitrogens is 1. The zero-order chi connectivity index (χ0) is 47.6. The first-order valence-electron chi connectivity index (χ1n) is 22.1. The van der Waals surface area contributed by atoms with Gasteiger partial charge in [0.1, 0.15) is 30.2 Å². The number of fused-ring (bicyclic) bond motifs is 1. The van der Waals surface area contributed by atoms with E-state index in [2.05, 4.69) is 52.2 Å². The number of hydrogen-bond acceptors (Lipinski definition) is 10. The Hall–Kier alpha value is -7.38. The molecule has 5 rings (SSSR count). The van der Waals surface area contributed by atoms with E-state index in [9.17, 15) is 38.4 Å². The van der Waals surface area contributed by atoms with E-state index in [1.165, 1.54) is 13.8 Å². The van der Waals surface area contributed by atoms with Crippen LogP contribution in [-0.4, -0.2) is 114 Å². The zero-order valence-electron chi connectivity index (χ0n) is 37.2. The Kier molecular flexibility index (Phi) is 18.5. The van der Waals surface area contributed by atoms with Gasteiger partial charge in [0.2, 0.25) is 41.4 Å². The summed E-state index contributed by atoms with van der Waals surface area (Å²) < 4.78 is 0. The van der Waals surface area contributed by atoms with Gasteiger partial charge in [0, 0.05) is 81.1 Å². The molecule has 6 atom stereocenters. The highest BCUT2D eigenvalue weighted by atomic mass is 16.2. The van der Waals surface area contributed by atoms with Crippen molar-refractivity contribution in [1.29, 1.82) is 0 Å². The minimum Gasteiger partial charge on any atom is -0.370 e. The number of amides is 7. The summed E-state index contributed by atoms with van der Waals surface area (Å²) in [4.78, 5) is 121. The highest BCUT2D eigenvalue weighted by molar-refractivity contribution is 5.98. The molecule has 12 N–H and O–H groups in total. The second-order valence-corrected chi connectivity index (χ2v) is 16.3. The van der Waals surface area contributed by atoms with Gasteiger partial charge in [0.05, 0.1) is 6.04 Å². The monoisotopic (exact) mass is 908 g/mol. The van der Waals surface area contributed by atoms with Crippen LogP contribution in [0.1, 0.15) is 76.3 Å². The van der Waals surface area contributed by atoms with E-state index in [0.29, 0.717) is 23.2 Å². The molecule has 7 amide bonds. The number of para-hydroxylation sites is 1. The van der Waals surface area contributed by atoms with Crippen molar-refractivity contribution in [1.82, 2.24) is 42.2 Å². The Bertz CT molecular complexity index is 2320. The minimum absolute atomic E-state index is 0.00104. The van der Waals surface area contributed by atoms with Crippen LogP contribution in [-0.2, 0) is 51.2 Å². The van der Waals surface area contributed by atoms with E-state index < -0.39 is 77.6 Å². The van der Waals surface area contributed by atoms with Gasteiger partial charge in [-0.1, -0.05) is 54.6 Å². The number of aromatic amines is 1. The Labute approximate surface area is 382 Å². The molecule has 1 fully saturated rings. The van der Waals surface area contributed by atoms with Crippen molar-refractivity contribution in [3.8, 4) is 0 Å². The summed E-state index contributed by atoms with van der Waals surface area (Å²) in [5.74, 6) is -5.18. The number of allylic oxidation sites excluding steroid dienone is 1. The summed E-state index contributed by atoms with van der Waals surface area (Å²) in [5, 5.41) is 20.0. The van der Waals surface area contributed by atoms with Crippen molar-refractivity contribution < 1.29 is 38.4 Å². The normalized spacial score (nSPS) is 23.0. The van der Waals surface area contributed by atoms with Gasteiger partial charge in [-0.2, -0.15) is 0 Å². The third-order valence-electron chi connectivity index (χ3n) is 11.1. The number of H-pyrrole nitrogens is 1. The van der Waals surface area contributed by atoms with Crippen LogP contribution in [0.4, 0.5) is 0 Å². The SMILES string of the molecule is CC(=O)N[C@H]1CCC(=O)NCCC[C@@H](C(C)=O)NC(=O)[C@H](Cc2c[nH]c3ccccc23)NC(=O)[C@H](CCCN=C(N)N)NC(=O)[C@@H](Cc2ccccc2)NC(=O)[C@H](CC2=CCC=N2)NC1=O. The third-order valence-corrected chi connectivity index (χ3v) is 11.1. The van der Waals surface area contributed by atoms with Crippen LogP contribution in [0.15, 0.2) is 82.6 Å². The van der Waals surface area contributed by atoms with Crippen molar-refractivity contribution in [3.05, 3.63) is 83.7 Å². The van der Waals surface area contributed by atoms with Crippen LogP contribution in [0, 0.1) is 0 Å². The molecule has 2 aromatic carbocycles. The van der Waals surface area contributed by atoms with Crippen LogP contribution in [0.25, 0.3) is 10.9 Å². The van der Waals surface area contributed by atoms with Crippen molar-refractivity contribution >= 4 is 70.2 Å². The lowest BCUT2D eigenvalue weighted by Gasteiger charge is -2.27. The summed E-state index contributed by atoms with van der Waals surface area (Å²) in [5.41, 5.74) is 13.8. The predicted molar refractivity (Wildman–Crippen MR) is 247 cm³/mol. The number of Topliss-reactive ketones (excluding diaryl/α,β-unsaturated/α-hetero) is 1. The van der Waals surface area contributed by atoms with Gasteiger partial charge < -0.3 is 53.7 Å². The Morgan fingerprint density at radius 1 is 0.758 bits per heavy atom. The largest absolute Gasteiger partial charge is 0.370 e. The molecule has 0 unspecified atom stereocenters. The number of nitrogens with two attached hydrogens (primary N) is 2. The number of benzene rings is 2. The van der Waals surface area contributed by atoms with Crippen LogP contribution in [0.5, 0.6) is 0 Å². The highest BCUT2D eigenvalue weighted by Gasteiger charge is 2.34. The Balaban J connectivity index is 1.53. The van der Waals surface area contributed by atoms with Gasteiger partial charge in [-0.3, -0.25) is 48.3 Å². The number of hydrogen-bond donors (Lipinski definition) is 10. The highest BCUT2D eigenvalue weighted by Crippen LogP contribution is 2.20. The average molecular weight is 909 g/mol. The number of carbonyl (C=O) groups is 8. The molecule has 3 aromatic rings. The fraction of sp³-hybridized carbons (Fsp3) is 0.435. The molecule has 2 aliphatic rings. The molecule has 3 heterocycles. The summed E-state index contributed by atoms with van der Waals surface area (Å²) in [7, 11) is 0. The van der Waals surface area contributed by atoms with Crippen molar-refractivity contribution in [2.75, 3.05) is 13.1 Å². The number of ketones is 1. The molecule has 1 saturated heterocycles. The zero-order valence-corrected chi connectivity index (χ0v) is 37.2. The van der Waals surface area contributed by atoms with E-state index in [1.807, 2.05) is 24.3 Å². The lowest BCUT2D eigenvalue weighted by molar-refractivity contribution is -0.135. The van der Waals surface area contributed by atoms with Crippen LogP contribution >= 0.6 is 0 Å². The second kappa shape index (κ2) is 24.6. The molecule has 0 bridgehead atoms. The molecule has 0 saturated carbocycles. The number of aliphatic imine (C=N–C) groups is 2. The maximum atomic E-state index is 14.5. The molecule has 0 spiro atoms.